The highest BCUT2D eigenvalue weighted by molar-refractivity contribution is 7.99. The molecular weight excluding hydrogens is 405 g/mol. The van der Waals surface area contributed by atoms with Crippen molar-refractivity contribution in [1.82, 2.24) is 9.97 Å². The molecule has 0 radical (unpaired) electrons. The van der Waals surface area contributed by atoms with Crippen molar-refractivity contribution in [2.75, 3.05) is 5.75 Å². The van der Waals surface area contributed by atoms with Crippen molar-refractivity contribution in [2.45, 2.75) is 17.7 Å². The first-order valence-electron chi connectivity index (χ1n) is 9.64. The second kappa shape index (κ2) is 7.69. The van der Waals surface area contributed by atoms with E-state index in [0.29, 0.717) is 5.69 Å². The Balaban J connectivity index is 1.68. The molecule has 6 heteroatoms. The van der Waals surface area contributed by atoms with Gasteiger partial charge in [0.15, 0.2) is 17.5 Å². The van der Waals surface area contributed by atoms with Crippen LogP contribution in [-0.2, 0) is 6.42 Å². The Morgan fingerprint density at radius 1 is 0.833 bits per heavy atom. The number of fused-ring (bicyclic) bond motifs is 1. The van der Waals surface area contributed by atoms with Gasteiger partial charge in [0.1, 0.15) is 0 Å². The van der Waals surface area contributed by atoms with E-state index in [1.807, 2.05) is 30.0 Å². The first-order valence-corrected chi connectivity index (χ1v) is 10.6. The minimum absolute atomic E-state index is 0.248. The zero-order chi connectivity index (χ0) is 20.7. The molecule has 1 aliphatic heterocycles. The number of aromatic amines is 1. The van der Waals surface area contributed by atoms with Crippen molar-refractivity contribution in [3.8, 4) is 33.6 Å². The average Bonchev–Trinajstić information content (AvgIpc) is 3.23. The summed E-state index contributed by atoms with van der Waals surface area (Å²) in [6, 6.07) is 14.0. The largest absolute Gasteiger partial charge is 0.354 e. The van der Waals surface area contributed by atoms with Crippen molar-refractivity contribution in [3.63, 3.8) is 0 Å². The Labute approximate surface area is 176 Å². The lowest BCUT2D eigenvalue weighted by atomic mass is 10.0. The van der Waals surface area contributed by atoms with Gasteiger partial charge >= 0.3 is 0 Å². The number of halogens is 3. The van der Waals surface area contributed by atoms with E-state index >= 15 is 0 Å². The Morgan fingerprint density at radius 2 is 1.60 bits per heavy atom. The lowest BCUT2D eigenvalue weighted by Crippen LogP contribution is -1.98. The predicted molar refractivity (Wildman–Crippen MR) is 114 cm³/mol. The number of thioether (sulfide) groups is 1. The van der Waals surface area contributed by atoms with Gasteiger partial charge in [-0.15, -0.1) is 11.8 Å². The molecule has 0 aliphatic carbocycles. The van der Waals surface area contributed by atoms with Crippen LogP contribution in [-0.4, -0.2) is 15.7 Å². The number of nitrogens with zero attached hydrogens (tertiary/aromatic N) is 1. The fourth-order valence-corrected chi connectivity index (χ4v) is 4.84. The molecule has 4 aromatic rings. The fourth-order valence-electron chi connectivity index (χ4n) is 3.82. The first-order chi connectivity index (χ1) is 14.6. The molecule has 2 aromatic heterocycles. The molecule has 2 nitrogen and oxygen atoms in total. The van der Waals surface area contributed by atoms with E-state index < -0.39 is 17.5 Å². The molecule has 2 aromatic carbocycles. The predicted octanol–water partition coefficient (Wildman–Crippen LogP) is 6.87. The molecule has 5 rings (SSSR count). The monoisotopic (exact) mass is 422 g/mol. The SMILES string of the molecule is Fc1cc(-c2[nH]c(-c3ccc4c(c3)CCCS4)cc2-c2ccncc2)cc(F)c1F. The number of nitrogens with one attached hydrogen (secondary N) is 1. The standard InChI is InChI=1S/C24H17F3N2S/c25-19-11-17(12-20(26)23(19)27)24-18(14-5-7-28-8-6-14)13-21(29-24)15-3-4-22-16(10-15)2-1-9-30-22/h3-8,10-13,29H,1-2,9H2. The first kappa shape index (κ1) is 19.0. The molecule has 0 amide bonds. The van der Waals surface area contributed by atoms with Crippen LogP contribution in [0.1, 0.15) is 12.0 Å². The number of hydrogen-bond donors (Lipinski definition) is 1. The zero-order valence-corrected chi connectivity index (χ0v) is 16.7. The van der Waals surface area contributed by atoms with Crippen molar-refractivity contribution in [2.24, 2.45) is 0 Å². The van der Waals surface area contributed by atoms with Gasteiger partial charge in [-0.2, -0.15) is 0 Å². The maximum Gasteiger partial charge on any atom is 0.194 e. The summed E-state index contributed by atoms with van der Waals surface area (Å²) in [6.07, 6.45) is 5.50. The second-order valence-electron chi connectivity index (χ2n) is 7.24. The highest BCUT2D eigenvalue weighted by Gasteiger charge is 2.19. The fraction of sp³-hybridized carbons (Fsp3) is 0.125. The molecule has 30 heavy (non-hydrogen) atoms. The lowest BCUT2D eigenvalue weighted by Gasteiger charge is -2.15. The quantitative estimate of drug-likeness (QED) is 0.365. The van der Waals surface area contributed by atoms with Gasteiger partial charge in [-0.25, -0.2) is 13.2 Å². The average molecular weight is 422 g/mol. The summed E-state index contributed by atoms with van der Waals surface area (Å²) in [4.78, 5) is 8.65. The number of aromatic nitrogens is 2. The summed E-state index contributed by atoms with van der Waals surface area (Å²) < 4.78 is 41.4. The van der Waals surface area contributed by atoms with Crippen LogP contribution >= 0.6 is 11.8 Å². The molecule has 0 fully saturated rings. The summed E-state index contributed by atoms with van der Waals surface area (Å²) in [5.41, 5.74) is 5.54. The maximum atomic E-state index is 13.9. The molecule has 0 saturated carbocycles. The van der Waals surface area contributed by atoms with Gasteiger partial charge in [0, 0.05) is 34.1 Å². The van der Waals surface area contributed by atoms with Crippen LogP contribution in [0.25, 0.3) is 33.6 Å². The van der Waals surface area contributed by atoms with E-state index in [4.69, 9.17) is 0 Å². The third-order valence-corrected chi connectivity index (χ3v) is 6.50. The summed E-state index contributed by atoms with van der Waals surface area (Å²) in [6.45, 7) is 0. The van der Waals surface area contributed by atoms with E-state index in [2.05, 4.69) is 28.2 Å². The molecule has 0 unspecified atom stereocenters. The van der Waals surface area contributed by atoms with Crippen LogP contribution in [0.3, 0.4) is 0 Å². The summed E-state index contributed by atoms with van der Waals surface area (Å²) >= 11 is 1.86. The number of hydrogen-bond acceptors (Lipinski definition) is 2. The normalized spacial score (nSPS) is 13.3. The molecular formula is C24H17F3N2S. The third kappa shape index (κ3) is 3.41. The van der Waals surface area contributed by atoms with Crippen molar-refractivity contribution < 1.29 is 13.2 Å². The van der Waals surface area contributed by atoms with Crippen molar-refractivity contribution >= 4 is 11.8 Å². The van der Waals surface area contributed by atoms with E-state index in [1.165, 1.54) is 10.5 Å². The van der Waals surface area contributed by atoms with E-state index in [-0.39, 0.29) is 5.56 Å². The van der Waals surface area contributed by atoms with E-state index in [1.54, 1.807) is 12.4 Å². The number of rotatable bonds is 3. The maximum absolute atomic E-state index is 13.9. The van der Waals surface area contributed by atoms with Crippen molar-refractivity contribution in [1.29, 1.82) is 0 Å². The number of aryl methyl sites for hydroxylation is 1. The Hall–Kier alpha value is -2.99. The second-order valence-corrected chi connectivity index (χ2v) is 8.37. The van der Waals surface area contributed by atoms with Crippen LogP contribution in [0.2, 0.25) is 0 Å². The number of H-pyrrole nitrogens is 1. The van der Waals surface area contributed by atoms with Gasteiger partial charge in [-0.1, -0.05) is 6.07 Å². The van der Waals surface area contributed by atoms with Crippen LogP contribution in [0.5, 0.6) is 0 Å². The van der Waals surface area contributed by atoms with Gasteiger partial charge in [0.05, 0.1) is 5.69 Å². The molecule has 0 spiro atoms. The van der Waals surface area contributed by atoms with Gasteiger partial charge < -0.3 is 4.98 Å². The third-order valence-electron chi connectivity index (χ3n) is 5.30. The van der Waals surface area contributed by atoms with Gasteiger partial charge in [-0.05, 0) is 77.7 Å². The van der Waals surface area contributed by atoms with Crippen LogP contribution in [0.15, 0.2) is 65.8 Å². The van der Waals surface area contributed by atoms with Crippen LogP contribution < -0.4 is 0 Å². The molecule has 3 heterocycles. The summed E-state index contributed by atoms with van der Waals surface area (Å²) in [5, 5.41) is 0. The summed E-state index contributed by atoms with van der Waals surface area (Å²) in [5.74, 6) is -2.77. The van der Waals surface area contributed by atoms with Gasteiger partial charge in [0.2, 0.25) is 0 Å². The minimum atomic E-state index is -1.47. The molecule has 0 bridgehead atoms. The van der Waals surface area contributed by atoms with Crippen LogP contribution in [0, 0.1) is 17.5 Å². The zero-order valence-electron chi connectivity index (χ0n) is 15.9. The Morgan fingerprint density at radius 3 is 2.37 bits per heavy atom. The summed E-state index contributed by atoms with van der Waals surface area (Å²) in [7, 11) is 0. The van der Waals surface area contributed by atoms with Crippen LogP contribution in [0.4, 0.5) is 13.2 Å². The number of benzene rings is 2. The smallest absolute Gasteiger partial charge is 0.194 e. The Kier molecular flexibility index (Phi) is 4.87. The molecule has 0 saturated heterocycles. The van der Waals surface area contributed by atoms with Gasteiger partial charge in [-0.3, -0.25) is 4.98 Å². The molecule has 1 aliphatic rings. The molecule has 150 valence electrons. The number of pyridine rings is 1. The molecule has 0 atom stereocenters. The topological polar surface area (TPSA) is 28.7 Å². The minimum Gasteiger partial charge on any atom is -0.354 e. The highest BCUT2D eigenvalue weighted by Crippen LogP contribution is 2.38. The Bertz CT molecular complexity index is 1210. The lowest BCUT2D eigenvalue weighted by molar-refractivity contribution is 0.447. The van der Waals surface area contributed by atoms with Crippen molar-refractivity contribution in [3.05, 3.63) is 83.9 Å². The highest BCUT2D eigenvalue weighted by atomic mass is 32.2. The van der Waals surface area contributed by atoms with E-state index in [9.17, 15) is 13.2 Å². The van der Waals surface area contributed by atoms with E-state index in [0.717, 1.165) is 53.1 Å². The van der Waals surface area contributed by atoms with Gasteiger partial charge in [0.25, 0.3) is 0 Å². The molecule has 1 N–H and O–H groups in total.